The highest BCUT2D eigenvalue weighted by Gasteiger charge is 2.09. The highest BCUT2D eigenvalue weighted by Crippen LogP contribution is 2.28. The normalized spacial score (nSPS) is 10.4. The van der Waals surface area contributed by atoms with E-state index in [9.17, 15) is 0 Å². The summed E-state index contributed by atoms with van der Waals surface area (Å²) in [5.41, 5.74) is 0.852. The number of nitrogens with zero attached hydrogens (tertiary/aromatic N) is 4. The van der Waals surface area contributed by atoms with E-state index in [4.69, 9.17) is 11.6 Å². The first-order valence-electron chi connectivity index (χ1n) is 4.62. The topological polar surface area (TPSA) is 51.6 Å². The van der Waals surface area contributed by atoms with Crippen molar-refractivity contribution in [1.29, 1.82) is 0 Å². The van der Waals surface area contributed by atoms with Gasteiger partial charge in [-0.2, -0.15) is 0 Å². The predicted octanol–water partition coefficient (Wildman–Crippen LogP) is 2.69. The van der Waals surface area contributed by atoms with Gasteiger partial charge in [-0.15, -0.1) is 0 Å². The molecule has 0 amide bonds. The van der Waals surface area contributed by atoms with Crippen molar-refractivity contribution in [3.63, 3.8) is 0 Å². The first kappa shape index (κ1) is 11.3. The Kier molecular flexibility index (Phi) is 3.36. The molecule has 4 nitrogen and oxygen atoms in total. The maximum atomic E-state index is 5.98. The summed E-state index contributed by atoms with van der Waals surface area (Å²) in [5, 5.41) is 1.93. The predicted molar refractivity (Wildman–Crippen MR) is 62.7 cm³/mol. The van der Waals surface area contributed by atoms with Crippen LogP contribution in [0.25, 0.3) is 0 Å². The lowest BCUT2D eigenvalue weighted by atomic mass is 10.4. The van der Waals surface area contributed by atoms with E-state index in [0.29, 0.717) is 16.1 Å². The molecule has 0 aliphatic rings. The molecule has 82 valence electrons. The lowest BCUT2D eigenvalue weighted by molar-refractivity contribution is 0.919. The lowest BCUT2D eigenvalue weighted by Gasteiger charge is -2.05. The molecule has 0 aliphatic carbocycles. The second-order valence-electron chi connectivity index (χ2n) is 3.13. The van der Waals surface area contributed by atoms with Gasteiger partial charge in [0.15, 0.2) is 5.16 Å². The molecule has 2 aromatic rings. The summed E-state index contributed by atoms with van der Waals surface area (Å²) in [4.78, 5) is 16.6. The van der Waals surface area contributed by atoms with E-state index in [-0.39, 0.29) is 0 Å². The summed E-state index contributed by atoms with van der Waals surface area (Å²) in [6.07, 6.45) is 3.39. The maximum absolute atomic E-state index is 5.98. The fourth-order valence-corrected chi connectivity index (χ4v) is 2.19. The molecule has 2 rings (SSSR count). The summed E-state index contributed by atoms with van der Waals surface area (Å²) < 4.78 is 0. The van der Waals surface area contributed by atoms with Crippen molar-refractivity contribution in [3.8, 4) is 0 Å². The minimum Gasteiger partial charge on any atom is -0.231 e. The summed E-state index contributed by atoms with van der Waals surface area (Å²) >= 11 is 7.36. The Morgan fingerprint density at radius 2 is 1.81 bits per heavy atom. The molecule has 0 aliphatic heterocycles. The van der Waals surface area contributed by atoms with Crippen LogP contribution in [-0.2, 0) is 0 Å². The largest absolute Gasteiger partial charge is 0.231 e. The van der Waals surface area contributed by atoms with E-state index in [1.165, 1.54) is 11.8 Å². The summed E-state index contributed by atoms with van der Waals surface area (Å²) in [5.74, 6) is 0.647. The van der Waals surface area contributed by atoms with E-state index in [0.717, 1.165) is 10.6 Å². The Morgan fingerprint density at radius 1 is 1.12 bits per heavy atom. The third kappa shape index (κ3) is 2.48. The number of aryl methyl sites for hydroxylation is 1. The number of rotatable bonds is 2. The number of halogens is 1. The van der Waals surface area contributed by atoms with Crippen LogP contribution in [0, 0.1) is 13.8 Å². The van der Waals surface area contributed by atoms with Crippen molar-refractivity contribution in [2.45, 2.75) is 24.0 Å². The molecule has 0 spiro atoms. The van der Waals surface area contributed by atoms with E-state index < -0.39 is 0 Å². The number of hydrogen-bond donors (Lipinski definition) is 0. The lowest BCUT2D eigenvalue weighted by Crippen LogP contribution is -1.96. The zero-order valence-corrected chi connectivity index (χ0v) is 10.4. The maximum Gasteiger partial charge on any atom is 0.193 e. The van der Waals surface area contributed by atoms with Crippen LogP contribution in [0.3, 0.4) is 0 Å². The van der Waals surface area contributed by atoms with E-state index in [1.807, 2.05) is 6.92 Å². The third-order valence-electron chi connectivity index (χ3n) is 1.88. The van der Waals surface area contributed by atoms with E-state index >= 15 is 0 Å². The van der Waals surface area contributed by atoms with Crippen molar-refractivity contribution in [3.05, 3.63) is 35.0 Å². The first-order chi connectivity index (χ1) is 7.66. The summed E-state index contributed by atoms with van der Waals surface area (Å²) in [6, 6.07) is 1.77. The quantitative estimate of drug-likeness (QED) is 0.608. The second kappa shape index (κ2) is 4.76. The molecule has 2 heterocycles. The van der Waals surface area contributed by atoms with E-state index in [2.05, 4.69) is 19.9 Å². The van der Waals surface area contributed by atoms with Gasteiger partial charge in [-0.1, -0.05) is 11.6 Å². The van der Waals surface area contributed by atoms with Crippen LogP contribution >= 0.6 is 23.4 Å². The van der Waals surface area contributed by atoms with Gasteiger partial charge < -0.3 is 0 Å². The standard InChI is InChI=1S/C10H9ClN4S/c1-6-8(11)14-7(2)15-9(6)16-10-12-4-3-5-13-10/h3-5H,1-2H3. The fraction of sp³-hybridized carbons (Fsp3) is 0.200. The minimum absolute atomic E-state index is 0.478. The van der Waals surface area contributed by atoms with Crippen LogP contribution in [0.15, 0.2) is 28.6 Å². The van der Waals surface area contributed by atoms with Gasteiger partial charge in [0, 0.05) is 18.0 Å². The molecule has 0 fully saturated rings. The molecule has 0 radical (unpaired) electrons. The first-order valence-corrected chi connectivity index (χ1v) is 5.82. The van der Waals surface area contributed by atoms with Crippen molar-refractivity contribution in [2.75, 3.05) is 0 Å². The van der Waals surface area contributed by atoms with Gasteiger partial charge in [0.25, 0.3) is 0 Å². The van der Waals surface area contributed by atoms with Gasteiger partial charge >= 0.3 is 0 Å². The fourth-order valence-electron chi connectivity index (χ4n) is 1.09. The van der Waals surface area contributed by atoms with Crippen molar-refractivity contribution in [2.24, 2.45) is 0 Å². The van der Waals surface area contributed by atoms with Gasteiger partial charge in [-0.25, -0.2) is 19.9 Å². The van der Waals surface area contributed by atoms with Gasteiger partial charge in [-0.3, -0.25) is 0 Å². The van der Waals surface area contributed by atoms with Crippen LogP contribution in [0.1, 0.15) is 11.4 Å². The Bertz CT molecular complexity index is 504. The molecule has 0 saturated heterocycles. The van der Waals surface area contributed by atoms with Crippen molar-refractivity contribution < 1.29 is 0 Å². The third-order valence-corrected chi connectivity index (χ3v) is 3.24. The number of aromatic nitrogens is 4. The molecule has 6 heteroatoms. The van der Waals surface area contributed by atoms with Crippen LogP contribution < -0.4 is 0 Å². The Morgan fingerprint density at radius 3 is 2.50 bits per heavy atom. The van der Waals surface area contributed by atoms with Gasteiger partial charge in [-0.05, 0) is 31.7 Å². The molecule has 16 heavy (non-hydrogen) atoms. The Balaban J connectivity index is 2.35. The van der Waals surface area contributed by atoms with E-state index in [1.54, 1.807) is 25.4 Å². The second-order valence-corrected chi connectivity index (χ2v) is 4.44. The molecule has 0 saturated carbocycles. The molecular formula is C10H9ClN4S. The summed E-state index contributed by atoms with van der Waals surface area (Å²) in [6.45, 7) is 3.69. The monoisotopic (exact) mass is 252 g/mol. The van der Waals surface area contributed by atoms with Crippen LogP contribution in [0.4, 0.5) is 0 Å². The highest BCUT2D eigenvalue weighted by atomic mass is 35.5. The Hall–Kier alpha value is -1.20. The SMILES string of the molecule is Cc1nc(Cl)c(C)c(Sc2ncccn2)n1. The molecule has 0 N–H and O–H groups in total. The van der Waals surface area contributed by atoms with Crippen molar-refractivity contribution in [1.82, 2.24) is 19.9 Å². The molecule has 0 aromatic carbocycles. The van der Waals surface area contributed by atoms with Crippen molar-refractivity contribution >= 4 is 23.4 Å². The van der Waals surface area contributed by atoms with Crippen LogP contribution in [-0.4, -0.2) is 19.9 Å². The molecular weight excluding hydrogens is 244 g/mol. The molecule has 0 unspecified atom stereocenters. The molecule has 2 aromatic heterocycles. The highest BCUT2D eigenvalue weighted by molar-refractivity contribution is 7.99. The zero-order valence-electron chi connectivity index (χ0n) is 8.81. The summed E-state index contributed by atoms with van der Waals surface area (Å²) in [7, 11) is 0. The number of hydrogen-bond acceptors (Lipinski definition) is 5. The van der Waals surface area contributed by atoms with Crippen LogP contribution in [0.2, 0.25) is 5.15 Å². The molecule has 0 bridgehead atoms. The van der Waals surface area contributed by atoms with Gasteiger partial charge in [0.2, 0.25) is 0 Å². The smallest absolute Gasteiger partial charge is 0.193 e. The Labute approximate surface area is 103 Å². The minimum atomic E-state index is 0.478. The average Bonchev–Trinajstić information content (AvgIpc) is 2.27. The molecule has 0 atom stereocenters. The zero-order chi connectivity index (χ0) is 11.5. The van der Waals surface area contributed by atoms with Gasteiger partial charge in [0.05, 0.1) is 0 Å². The van der Waals surface area contributed by atoms with Crippen LogP contribution in [0.5, 0.6) is 0 Å². The van der Waals surface area contributed by atoms with Gasteiger partial charge in [0.1, 0.15) is 16.0 Å². The average molecular weight is 253 g/mol.